The van der Waals surface area contributed by atoms with Gasteiger partial charge in [0, 0.05) is 18.4 Å². The predicted octanol–water partition coefficient (Wildman–Crippen LogP) is 1.67. The van der Waals surface area contributed by atoms with Crippen LogP contribution in [0, 0.1) is 10.8 Å². The first-order valence-electron chi connectivity index (χ1n) is 4.92. The summed E-state index contributed by atoms with van der Waals surface area (Å²) in [5, 5.41) is 8.32. The van der Waals surface area contributed by atoms with Crippen LogP contribution in [0.3, 0.4) is 0 Å². The number of amidine groups is 1. The first-order valence-corrected chi connectivity index (χ1v) is 5.91. The van der Waals surface area contributed by atoms with Gasteiger partial charge in [0.25, 0.3) is 0 Å². The van der Waals surface area contributed by atoms with Crippen molar-refractivity contribution in [2.45, 2.75) is 24.3 Å². The molecule has 15 heavy (non-hydrogen) atoms. The standard InChI is InChI=1S/C10H14N4S/c11-8(12)5-10(2-3-10)6-15-9-1-4-13-7-14-9/h1,4,7H,2-3,5-6H2,(H3,11,12). The average molecular weight is 222 g/mol. The second-order valence-corrected chi connectivity index (χ2v) is 5.03. The van der Waals surface area contributed by atoms with Crippen LogP contribution in [-0.2, 0) is 0 Å². The molecule has 0 saturated heterocycles. The Labute approximate surface area is 93.2 Å². The molecule has 1 aliphatic carbocycles. The van der Waals surface area contributed by atoms with E-state index in [1.807, 2.05) is 6.07 Å². The third kappa shape index (κ3) is 2.92. The molecule has 5 heteroatoms. The summed E-state index contributed by atoms with van der Waals surface area (Å²) in [7, 11) is 0. The number of aromatic nitrogens is 2. The van der Waals surface area contributed by atoms with Crippen molar-refractivity contribution in [1.82, 2.24) is 9.97 Å². The van der Waals surface area contributed by atoms with Crippen LogP contribution in [-0.4, -0.2) is 21.6 Å². The summed E-state index contributed by atoms with van der Waals surface area (Å²) >= 11 is 1.73. The van der Waals surface area contributed by atoms with Crippen LogP contribution < -0.4 is 5.73 Å². The molecule has 80 valence electrons. The van der Waals surface area contributed by atoms with E-state index in [9.17, 15) is 0 Å². The lowest BCUT2D eigenvalue weighted by Gasteiger charge is -2.12. The summed E-state index contributed by atoms with van der Waals surface area (Å²) in [5.41, 5.74) is 5.72. The fourth-order valence-electron chi connectivity index (χ4n) is 1.54. The van der Waals surface area contributed by atoms with Crippen molar-refractivity contribution in [3.05, 3.63) is 18.6 Å². The minimum Gasteiger partial charge on any atom is -0.388 e. The van der Waals surface area contributed by atoms with Gasteiger partial charge in [-0.15, -0.1) is 11.8 Å². The Morgan fingerprint density at radius 2 is 2.40 bits per heavy atom. The van der Waals surface area contributed by atoms with Crippen LogP contribution in [0.5, 0.6) is 0 Å². The van der Waals surface area contributed by atoms with Crippen LogP contribution in [0.4, 0.5) is 0 Å². The van der Waals surface area contributed by atoms with E-state index in [-0.39, 0.29) is 5.41 Å². The molecule has 2 rings (SSSR count). The molecule has 1 aromatic rings. The maximum atomic E-state index is 7.32. The first kappa shape index (κ1) is 10.4. The van der Waals surface area contributed by atoms with Gasteiger partial charge in [-0.05, 0) is 24.3 Å². The SMILES string of the molecule is N=C(N)CC1(CSc2ccncn2)CC1. The van der Waals surface area contributed by atoms with Crippen molar-refractivity contribution >= 4 is 17.6 Å². The molecule has 0 unspecified atom stereocenters. The van der Waals surface area contributed by atoms with E-state index < -0.39 is 0 Å². The lowest BCUT2D eigenvalue weighted by atomic mass is 10.1. The van der Waals surface area contributed by atoms with Gasteiger partial charge in [0.1, 0.15) is 6.33 Å². The van der Waals surface area contributed by atoms with E-state index in [1.54, 1.807) is 24.3 Å². The van der Waals surface area contributed by atoms with Crippen molar-refractivity contribution < 1.29 is 0 Å². The van der Waals surface area contributed by atoms with E-state index in [0.717, 1.165) is 17.2 Å². The van der Waals surface area contributed by atoms with Crippen LogP contribution in [0.15, 0.2) is 23.6 Å². The molecule has 1 aromatic heterocycles. The van der Waals surface area contributed by atoms with Gasteiger partial charge in [-0.3, -0.25) is 5.41 Å². The van der Waals surface area contributed by atoms with E-state index in [2.05, 4.69) is 9.97 Å². The normalized spacial score (nSPS) is 17.3. The first-order chi connectivity index (χ1) is 7.20. The van der Waals surface area contributed by atoms with E-state index in [4.69, 9.17) is 11.1 Å². The van der Waals surface area contributed by atoms with Gasteiger partial charge < -0.3 is 5.73 Å². The van der Waals surface area contributed by atoms with Crippen molar-refractivity contribution in [2.24, 2.45) is 11.1 Å². The molecule has 4 nitrogen and oxygen atoms in total. The second kappa shape index (κ2) is 4.18. The summed E-state index contributed by atoms with van der Waals surface area (Å²) in [6, 6.07) is 1.91. The van der Waals surface area contributed by atoms with Crippen molar-refractivity contribution in [2.75, 3.05) is 5.75 Å². The molecule has 1 fully saturated rings. The van der Waals surface area contributed by atoms with E-state index >= 15 is 0 Å². The van der Waals surface area contributed by atoms with Gasteiger partial charge in [0.2, 0.25) is 0 Å². The van der Waals surface area contributed by atoms with Crippen LogP contribution >= 0.6 is 11.8 Å². The van der Waals surface area contributed by atoms with Gasteiger partial charge in [0.15, 0.2) is 0 Å². The average Bonchev–Trinajstić information content (AvgIpc) is 2.96. The van der Waals surface area contributed by atoms with E-state index in [1.165, 1.54) is 12.8 Å². The topological polar surface area (TPSA) is 75.7 Å². The third-order valence-electron chi connectivity index (χ3n) is 2.60. The minimum absolute atomic E-state index is 0.279. The zero-order chi connectivity index (χ0) is 10.7. The predicted molar refractivity (Wildman–Crippen MR) is 61.0 cm³/mol. The molecule has 0 aliphatic heterocycles. The van der Waals surface area contributed by atoms with Gasteiger partial charge in [-0.25, -0.2) is 9.97 Å². The zero-order valence-corrected chi connectivity index (χ0v) is 9.26. The highest BCUT2D eigenvalue weighted by Gasteiger charge is 2.42. The zero-order valence-electron chi connectivity index (χ0n) is 8.44. The highest BCUT2D eigenvalue weighted by molar-refractivity contribution is 7.99. The molecule has 0 radical (unpaired) electrons. The number of nitrogens with zero attached hydrogens (tertiary/aromatic N) is 2. The molecular weight excluding hydrogens is 208 g/mol. The smallest absolute Gasteiger partial charge is 0.116 e. The molecular formula is C10H14N4S. The fourth-order valence-corrected chi connectivity index (χ4v) is 2.67. The molecule has 0 amide bonds. The van der Waals surface area contributed by atoms with Crippen molar-refractivity contribution in [3.63, 3.8) is 0 Å². The van der Waals surface area contributed by atoms with Crippen molar-refractivity contribution in [1.29, 1.82) is 5.41 Å². The summed E-state index contributed by atoms with van der Waals surface area (Å²) in [6.07, 6.45) is 6.41. The Balaban J connectivity index is 1.86. The monoisotopic (exact) mass is 222 g/mol. The number of nitrogens with one attached hydrogen (secondary N) is 1. The Kier molecular flexibility index (Phi) is 2.90. The number of nitrogens with two attached hydrogens (primary N) is 1. The maximum absolute atomic E-state index is 7.32. The second-order valence-electron chi connectivity index (χ2n) is 4.04. The molecule has 3 N–H and O–H groups in total. The Morgan fingerprint density at radius 3 is 2.93 bits per heavy atom. The van der Waals surface area contributed by atoms with E-state index in [0.29, 0.717) is 5.84 Å². The Hall–Kier alpha value is -1.10. The molecule has 1 heterocycles. The lowest BCUT2D eigenvalue weighted by Crippen LogP contribution is -2.18. The van der Waals surface area contributed by atoms with Gasteiger partial charge >= 0.3 is 0 Å². The lowest BCUT2D eigenvalue weighted by molar-refractivity contribution is 0.611. The van der Waals surface area contributed by atoms with Crippen molar-refractivity contribution in [3.8, 4) is 0 Å². The number of rotatable bonds is 5. The molecule has 0 bridgehead atoms. The molecule has 1 aliphatic rings. The van der Waals surface area contributed by atoms with Crippen LogP contribution in [0.1, 0.15) is 19.3 Å². The highest BCUT2D eigenvalue weighted by Crippen LogP contribution is 2.51. The van der Waals surface area contributed by atoms with Gasteiger partial charge in [-0.2, -0.15) is 0 Å². The highest BCUT2D eigenvalue weighted by atomic mass is 32.2. The number of thioether (sulfide) groups is 1. The Morgan fingerprint density at radius 1 is 1.60 bits per heavy atom. The van der Waals surface area contributed by atoms with Gasteiger partial charge in [0.05, 0.1) is 10.9 Å². The maximum Gasteiger partial charge on any atom is 0.116 e. The fraction of sp³-hybridized carbons (Fsp3) is 0.500. The quantitative estimate of drug-likeness (QED) is 0.344. The van der Waals surface area contributed by atoms with Crippen LogP contribution in [0.25, 0.3) is 0 Å². The minimum atomic E-state index is 0.279. The summed E-state index contributed by atoms with van der Waals surface area (Å²) in [5.74, 6) is 1.31. The summed E-state index contributed by atoms with van der Waals surface area (Å²) in [6.45, 7) is 0. The molecule has 0 aromatic carbocycles. The molecule has 1 saturated carbocycles. The summed E-state index contributed by atoms with van der Waals surface area (Å²) in [4.78, 5) is 8.03. The molecule has 0 spiro atoms. The molecule has 0 atom stereocenters. The largest absolute Gasteiger partial charge is 0.388 e. The van der Waals surface area contributed by atoms with Gasteiger partial charge in [-0.1, -0.05) is 0 Å². The number of hydrogen-bond acceptors (Lipinski definition) is 4. The summed E-state index contributed by atoms with van der Waals surface area (Å²) < 4.78 is 0. The van der Waals surface area contributed by atoms with Crippen LogP contribution in [0.2, 0.25) is 0 Å². The third-order valence-corrected chi connectivity index (χ3v) is 3.90. The Bertz CT molecular complexity index is 348. The number of hydrogen-bond donors (Lipinski definition) is 2.